The number of carbonyl (C=O) groups is 1. The predicted octanol–water partition coefficient (Wildman–Crippen LogP) is 2.73. The van der Waals surface area contributed by atoms with Crippen molar-refractivity contribution in [2.45, 2.75) is 43.2 Å². The number of halogens is 1. The van der Waals surface area contributed by atoms with Gasteiger partial charge in [-0.05, 0) is 62.6 Å². The van der Waals surface area contributed by atoms with Gasteiger partial charge in [0, 0.05) is 24.2 Å². The van der Waals surface area contributed by atoms with Crippen LogP contribution in [0.15, 0.2) is 53.4 Å². The Morgan fingerprint density at radius 3 is 2.72 bits per heavy atom. The van der Waals surface area contributed by atoms with Gasteiger partial charge in [0.25, 0.3) is 15.9 Å². The van der Waals surface area contributed by atoms with E-state index in [2.05, 4.69) is 10.6 Å². The zero-order valence-electron chi connectivity index (χ0n) is 16.3. The van der Waals surface area contributed by atoms with E-state index in [0.29, 0.717) is 12.0 Å². The lowest BCUT2D eigenvalue weighted by Crippen LogP contribution is -2.45. The first kappa shape index (κ1) is 21.6. The number of rotatable bonds is 4. The van der Waals surface area contributed by atoms with Crippen LogP contribution in [-0.4, -0.2) is 39.5 Å². The SMILES string of the molecule is CC1Cc2ccccc2N1S(=O)(=O)c1cccc(C(=O)N[C@H]2CCCNC2)c1.Cl. The Hall–Kier alpha value is -2.09. The lowest BCUT2D eigenvalue weighted by atomic mass is 10.1. The Morgan fingerprint density at radius 1 is 1.17 bits per heavy atom. The van der Waals surface area contributed by atoms with Crippen LogP contribution >= 0.6 is 12.4 Å². The third kappa shape index (κ3) is 4.27. The average Bonchev–Trinajstić information content (AvgIpc) is 3.05. The number of amides is 1. The molecule has 0 radical (unpaired) electrons. The Balaban J connectivity index is 0.00000240. The first-order chi connectivity index (χ1) is 13.5. The van der Waals surface area contributed by atoms with Crippen molar-refractivity contribution in [3.8, 4) is 0 Å². The number of carbonyl (C=O) groups excluding carboxylic acids is 1. The third-order valence-corrected chi connectivity index (χ3v) is 7.35. The average molecular weight is 436 g/mol. The largest absolute Gasteiger partial charge is 0.348 e. The van der Waals surface area contributed by atoms with Crippen LogP contribution in [0.2, 0.25) is 0 Å². The number of nitrogens with one attached hydrogen (secondary N) is 2. The number of para-hydroxylation sites is 1. The molecule has 4 rings (SSSR count). The Morgan fingerprint density at radius 2 is 1.97 bits per heavy atom. The van der Waals surface area contributed by atoms with E-state index in [1.807, 2.05) is 31.2 Å². The number of hydrogen-bond donors (Lipinski definition) is 2. The van der Waals surface area contributed by atoms with Gasteiger partial charge in [-0.1, -0.05) is 24.3 Å². The Kier molecular flexibility index (Phi) is 6.51. The molecule has 6 nitrogen and oxygen atoms in total. The van der Waals surface area contributed by atoms with Crippen LogP contribution in [0.25, 0.3) is 0 Å². The van der Waals surface area contributed by atoms with Crippen molar-refractivity contribution in [2.75, 3.05) is 17.4 Å². The van der Waals surface area contributed by atoms with Crippen LogP contribution in [0.5, 0.6) is 0 Å². The van der Waals surface area contributed by atoms with Crippen LogP contribution in [0.3, 0.4) is 0 Å². The molecule has 29 heavy (non-hydrogen) atoms. The fourth-order valence-corrected chi connectivity index (χ4v) is 5.80. The molecule has 1 unspecified atom stereocenters. The fourth-order valence-electron chi connectivity index (χ4n) is 4.06. The Bertz CT molecular complexity index is 990. The Labute approximate surface area is 178 Å². The summed E-state index contributed by atoms with van der Waals surface area (Å²) in [5.41, 5.74) is 2.11. The number of benzene rings is 2. The fraction of sp³-hybridized carbons (Fsp3) is 0.381. The minimum absolute atomic E-state index is 0. The van der Waals surface area contributed by atoms with Gasteiger partial charge in [-0.15, -0.1) is 12.4 Å². The van der Waals surface area contributed by atoms with Crippen LogP contribution in [0.1, 0.15) is 35.7 Å². The van der Waals surface area contributed by atoms with E-state index in [4.69, 9.17) is 0 Å². The first-order valence-electron chi connectivity index (χ1n) is 9.71. The highest BCUT2D eigenvalue weighted by Gasteiger charge is 2.36. The minimum atomic E-state index is -3.75. The van der Waals surface area contributed by atoms with Crippen LogP contribution in [-0.2, 0) is 16.4 Å². The molecule has 2 aromatic rings. The van der Waals surface area contributed by atoms with E-state index >= 15 is 0 Å². The molecule has 2 atom stereocenters. The van der Waals surface area contributed by atoms with Crippen LogP contribution in [0.4, 0.5) is 5.69 Å². The quantitative estimate of drug-likeness (QED) is 0.774. The number of sulfonamides is 1. The minimum Gasteiger partial charge on any atom is -0.348 e. The standard InChI is InChI=1S/C21H25N3O3S.ClH/c1-15-12-16-6-2-3-10-20(16)24(15)28(26,27)19-9-4-7-17(13-19)21(25)23-18-8-5-11-22-14-18;/h2-4,6-7,9-10,13,15,18,22H,5,8,11-12,14H2,1H3,(H,23,25);1H/t15?,18-;/m0./s1. The zero-order chi connectivity index (χ0) is 19.7. The number of fused-ring (bicyclic) bond motifs is 1. The third-order valence-electron chi connectivity index (χ3n) is 5.43. The molecule has 8 heteroatoms. The van der Waals surface area contributed by atoms with Gasteiger partial charge in [-0.25, -0.2) is 8.42 Å². The summed E-state index contributed by atoms with van der Waals surface area (Å²) < 4.78 is 28.2. The predicted molar refractivity (Wildman–Crippen MR) is 116 cm³/mol. The van der Waals surface area contributed by atoms with Gasteiger partial charge in [0.1, 0.15) is 0 Å². The molecule has 2 aromatic carbocycles. The topological polar surface area (TPSA) is 78.5 Å². The molecule has 0 saturated carbocycles. The van der Waals surface area contributed by atoms with Crippen molar-refractivity contribution in [1.29, 1.82) is 0 Å². The summed E-state index contributed by atoms with van der Waals surface area (Å²) >= 11 is 0. The van der Waals surface area contributed by atoms with E-state index in [9.17, 15) is 13.2 Å². The summed E-state index contributed by atoms with van der Waals surface area (Å²) in [6, 6.07) is 13.8. The van der Waals surface area contributed by atoms with Gasteiger partial charge >= 0.3 is 0 Å². The molecule has 0 aromatic heterocycles. The van der Waals surface area contributed by atoms with Gasteiger partial charge in [0.05, 0.1) is 10.6 Å². The first-order valence-corrected chi connectivity index (χ1v) is 11.1. The normalized spacial score (nSPS) is 21.2. The van der Waals surface area contributed by atoms with Gasteiger partial charge in [-0.3, -0.25) is 9.10 Å². The number of anilines is 1. The van der Waals surface area contributed by atoms with Crippen molar-refractivity contribution in [2.24, 2.45) is 0 Å². The van der Waals surface area contributed by atoms with Crippen molar-refractivity contribution in [3.63, 3.8) is 0 Å². The summed E-state index contributed by atoms with van der Waals surface area (Å²) in [7, 11) is -3.75. The summed E-state index contributed by atoms with van der Waals surface area (Å²) in [5.74, 6) is -0.236. The van der Waals surface area contributed by atoms with Crippen LogP contribution in [0, 0.1) is 0 Å². The molecular weight excluding hydrogens is 410 g/mol. The van der Waals surface area contributed by atoms with Crippen molar-refractivity contribution >= 4 is 34.0 Å². The van der Waals surface area contributed by atoms with Crippen LogP contribution < -0.4 is 14.9 Å². The van der Waals surface area contributed by atoms with Gasteiger partial charge in [0.15, 0.2) is 0 Å². The van der Waals surface area contributed by atoms with E-state index in [0.717, 1.165) is 37.2 Å². The molecule has 1 saturated heterocycles. The molecular formula is C21H26ClN3O3S. The second-order valence-corrected chi connectivity index (χ2v) is 9.34. The molecule has 0 bridgehead atoms. The summed E-state index contributed by atoms with van der Waals surface area (Å²) in [6.45, 7) is 3.62. The molecule has 1 amide bonds. The molecule has 2 N–H and O–H groups in total. The summed E-state index contributed by atoms with van der Waals surface area (Å²) in [6.07, 6.45) is 2.63. The summed E-state index contributed by atoms with van der Waals surface area (Å²) in [5, 5.41) is 6.26. The maximum Gasteiger partial charge on any atom is 0.264 e. The smallest absolute Gasteiger partial charge is 0.264 e. The molecule has 2 aliphatic heterocycles. The maximum absolute atomic E-state index is 13.4. The van der Waals surface area contributed by atoms with Gasteiger partial charge < -0.3 is 10.6 Å². The van der Waals surface area contributed by atoms with E-state index in [1.54, 1.807) is 18.2 Å². The monoisotopic (exact) mass is 435 g/mol. The lowest BCUT2D eigenvalue weighted by molar-refractivity contribution is 0.0930. The zero-order valence-corrected chi connectivity index (χ0v) is 17.9. The molecule has 1 fully saturated rings. The maximum atomic E-state index is 13.4. The molecule has 0 aliphatic carbocycles. The number of piperidine rings is 1. The molecule has 156 valence electrons. The number of nitrogens with zero attached hydrogens (tertiary/aromatic N) is 1. The lowest BCUT2D eigenvalue weighted by Gasteiger charge is -2.25. The van der Waals surface area contributed by atoms with E-state index in [1.165, 1.54) is 10.4 Å². The summed E-state index contributed by atoms with van der Waals surface area (Å²) in [4.78, 5) is 12.8. The highest BCUT2D eigenvalue weighted by Crippen LogP contribution is 2.36. The molecule has 2 aliphatic rings. The number of hydrogen-bond acceptors (Lipinski definition) is 4. The highest BCUT2D eigenvalue weighted by atomic mass is 35.5. The second-order valence-electron chi connectivity index (χ2n) is 7.53. The van der Waals surface area contributed by atoms with Crippen molar-refractivity contribution in [1.82, 2.24) is 10.6 Å². The van der Waals surface area contributed by atoms with E-state index < -0.39 is 10.0 Å². The van der Waals surface area contributed by atoms with Gasteiger partial charge in [-0.2, -0.15) is 0 Å². The molecule has 0 spiro atoms. The highest BCUT2D eigenvalue weighted by molar-refractivity contribution is 7.92. The molecule has 2 heterocycles. The van der Waals surface area contributed by atoms with Gasteiger partial charge in [0.2, 0.25) is 0 Å². The second kappa shape index (κ2) is 8.73. The van der Waals surface area contributed by atoms with E-state index in [-0.39, 0.29) is 35.3 Å². The van der Waals surface area contributed by atoms with Crippen molar-refractivity contribution < 1.29 is 13.2 Å². The van der Waals surface area contributed by atoms with Crippen molar-refractivity contribution in [3.05, 3.63) is 59.7 Å².